The fourth-order valence-corrected chi connectivity index (χ4v) is 4.26. The van der Waals surface area contributed by atoms with Crippen LogP contribution in [0.4, 0.5) is 0 Å². The van der Waals surface area contributed by atoms with Gasteiger partial charge in [0.1, 0.15) is 6.04 Å². The van der Waals surface area contributed by atoms with Gasteiger partial charge in [0.05, 0.1) is 11.5 Å². The minimum atomic E-state index is -3.43. The Hall–Kier alpha value is -1.44. The van der Waals surface area contributed by atoms with E-state index in [1.807, 2.05) is 4.90 Å². The molecule has 2 aliphatic rings. The maximum atomic E-state index is 12.5. The van der Waals surface area contributed by atoms with E-state index >= 15 is 0 Å². The smallest absolute Gasteiger partial charge is 0.323 e. The number of rotatable bonds is 3. The highest BCUT2D eigenvalue weighted by atomic mass is 32.2. The molecule has 0 bridgehead atoms. The highest BCUT2D eigenvalue weighted by molar-refractivity contribution is 7.89. The topological polar surface area (TPSA) is 66.9 Å². The number of piperazine rings is 1. The lowest BCUT2D eigenvalue weighted by Gasteiger charge is -2.35. The lowest BCUT2D eigenvalue weighted by Crippen LogP contribution is -2.52. The van der Waals surface area contributed by atoms with Gasteiger partial charge in [0.25, 0.3) is 0 Å². The fraction of sp³-hybridized carbons (Fsp3) is 0.500. The van der Waals surface area contributed by atoms with Crippen molar-refractivity contribution < 1.29 is 17.9 Å². The Morgan fingerprint density at radius 2 is 1.71 bits per heavy atom. The number of carbonyl (C=O) groups is 1. The van der Waals surface area contributed by atoms with Gasteiger partial charge in [-0.2, -0.15) is 4.31 Å². The minimum Gasteiger partial charge on any atom is -0.464 e. The molecular weight excluding hydrogens is 292 g/mol. The molecule has 0 aromatic heterocycles. The van der Waals surface area contributed by atoms with E-state index < -0.39 is 10.0 Å². The molecule has 1 atom stereocenters. The average molecular weight is 310 g/mol. The first-order chi connectivity index (χ1) is 10.1. The molecular formula is C14H18N2O4S. The molecule has 0 saturated carbocycles. The van der Waals surface area contributed by atoms with Crippen LogP contribution in [0, 0.1) is 0 Å². The number of esters is 1. The highest BCUT2D eigenvalue weighted by Crippen LogP contribution is 2.20. The third kappa shape index (κ3) is 2.81. The maximum absolute atomic E-state index is 12.5. The predicted octanol–water partition coefficient (Wildman–Crippen LogP) is 0.308. The molecule has 1 aromatic carbocycles. The van der Waals surface area contributed by atoms with Crippen LogP contribution in [0.2, 0.25) is 0 Å². The Balaban J connectivity index is 1.67. The average Bonchev–Trinajstić information content (AvgIpc) is 2.94. The van der Waals surface area contributed by atoms with Gasteiger partial charge in [-0.15, -0.1) is 0 Å². The van der Waals surface area contributed by atoms with Crippen molar-refractivity contribution in [2.45, 2.75) is 17.4 Å². The summed E-state index contributed by atoms with van der Waals surface area (Å²) in [5.74, 6) is -0.186. The van der Waals surface area contributed by atoms with E-state index in [0.29, 0.717) is 44.1 Å². The van der Waals surface area contributed by atoms with Crippen molar-refractivity contribution in [1.29, 1.82) is 0 Å². The van der Waals surface area contributed by atoms with Gasteiger partial charge in [-0.25, -0.2) is 8.42 Å². The minimum absolute atomic E-state index is 0.186. The first-order valence-electron chi connectivity index (χ1n) is 7.05. The Morgan fingerprint density at radius 1 is 1.05 bits per heavy atom. The van der Waals surface area contributed by atoms with Crippen molar-refractivity contribution in [3.63, 3.8) is 0 Å². The third-order valence-corrected chi connectivity index (χ3v) is 5.92. The standard InChI is InChI=1S/C14H18N2O4S/c17-14-13(6-11-20-14)15-7-9-16(10-8-15)21(18,19)12-4-2-1-3-5-12/h1-5,13H,6-11H2/t13-/m0/s1. The monoisotopic (exact) mass is 310 g/mol. The van der Waals surface area contributed by atoms with Crippen LogP contribution in [-0.2, 0) is 19.6 Å². The lowest BCUT2D eigenvalue weighted by molar-refractivity contribution is -0.142. The zero-order valence-corrected chi connectivity index (χ0v) is 12.5. The SMILES string of the molecule is O=C1OCC[C@@H]1N1CCN(S(=O)(=O)c2ccccc2)CC1. The second-order valence-corrected chi connectivity index (χ2v) is 7.16. The van der Waals surface area contributed by atoms with Crippen molar-refractivity contribution >= 4 is 16.0 Å². The van der Waals surface area contributed by atoms with E-state index in [0.717, 1.165) is 0 Å². The van der Waals surface area contributed by atoms with E-state index in [2.05, 4.69) is 0 Å². The summed E-state index contributed by atoms with van der Waals surface area (Å²) < 4.78 is 31.4. The van der Waals surface area contributed by atoms with Crippen molar-refractivity contribution in [1.82, 2.24) is 9.21 Å². The Morgan fingerprint density at radius 3 is 2.29 bits per heavy atom. The van der Waals surface area contributed by atoms with E-state index in [9.17, 15) is 13.2 Å². The Bertz CT molecular complexity index is 609. The van der Waals surface area contributed by atoms with Crippen LogP contribution in [-0.4, -0.2) is 62.4 Å². The molecule has 6 nitrogen and oxygen atoms in total. The zero-order valence-electron chi connectivity index (χ0n) is 11.6. The van der Waals surface area contributed by atoms with E-state index in [1.54, 1.807) is 30.3 Å². The molecule has 0 radical (unpaired) electrons. The number of hydrogen-bond donors (Lipinski definition) is 0. The summed E-state index contributed by atoms with van der Waals surface area (Å²) in [5.41, 5.74) is 0. The van der Waals surface area contributed by atoms with Gasteiger partial charge < -0.3 is 4.74 Å². The molecule has 0 unspecified atom stereocenters. The van der Waals surface area contributed by atoms with Gasteiger partial charge in [0.2, 0.25) is 10.0 Å². The first-order valence-corrected chi connectivity index (χ1v) is 8.49. The third-order valence-electron chi connectivity index (χ3n) is 4.00. The molecule has 0 spiro atoms. The number of carbonyl (C=O) groups excluding carboxylic acids is 1. The van der Waals surface area contributed by atoms with Gasteiger partial charge in [-0.3, -0.25) is 9.69 Å². The largest absolute Gasteiger partial charge is 0.464 e. The van der Waals surface area contributed by atoms with Crippen LogP contribution >= 0.6 is 0 Å². The summed E-state index contributed by atoms with van der Waals surface area (Å²) in [5, 5.41) is 0. The zero-order chi connectivity index (χ0) is 14.9. The summed E-state index contributed by atoms with van der Waals surface area (Å²) >= 11 is 0. The first kappa shape index (κ1) is 14.5. The van der Waals surface area contributed by atoms with E-state index in [1.165, 1.54) is 4.31 Å². The van der Waals surface area contributed by atoms with Gasteiger partial charge in [-0.05, 0) is 12.1 Å². The molecule has 114 valence electrons. The van der Waals surface area contributed by atoms with Gasteiger partial charge in [0, 0.05) is 32.6 Å². The van der Waals surface area contributed by atoms with Crippen LogP contribution in [0.1, 0.15) is 6.42 Å². The summed E-state index contributed by atoms with van der Waals surface area (Å²) in [4.78, 5) is 13.9. The number of benzene rings is 1. The molecule has 1 aromatic rings. The number of hydrogen-bond acceptors (Lipinski definition) is 5. The van der Waals surface area contributed by atoms with Crippen molar-refractivity contribution in [2.75, 3.05) is 32.8 Å². The van der Waals surface area contributed by atoms with Crippen LogP contribution in [0.25, 0.3) is 0 Å². The quantitative estimate of drug-likeness (QED) is 0.752. The van der Waals surface area contributed by atoms with Crippen molar-refractivity contribution in [3.05, 3.63) is 30.3 Å². The van der Waals surface area contributed by atoms with Crippen LogP contribution in [0.5, 0.6) is 0 Å². The summed E-state index contributed by atoms with van der Waals surface area (Å²) in [6.45, 7) is 2.39. The molecule has 2 fully saturated rings. The van der Waals surface area contributed by atoms with Crippen LogP contribution < -0.4 is 0 Å². The molecule has 7 heteroatoms. The summed E-state index contributed by atoms with van der Waals surface area (Å²) in [7, 11) is -3.43. The highest BCUT2D eigenvalue weighted by Gasteiger charge is 2.36. The number of cyclic esters (lactones) is 1. The molecule has 21 heavy (non-hydrogen) atoms. The molecule has 2 aliphatic heterocycles. The van der Waals surface area contributed by atoms with Crippen LogP contribution in [0.15, 0.2) is 35.2 Å². The maximum Gasteiger partial charge on any atom is 0.323 e. The normalized spacial score (nSPS) is 25.0. The molecule has 2 heterocycles. The number of ether oxygens (including phenoxy) is 1. The lowest BCUT2D eigenvalue weighted by atomic mass is 10.2. The molecule has 0 aliphatic carbocycles. The van der Waals surface area contributed by atoms with Crippen LogP contribution in [0.3, 0.4) is 0 Å². The predicted molar refractivity (Wildman–Crippen MR) is 76.1 cm³/mol. The second-order valence-electron chi connectivity index (χ2n) is 5.23. The number of sulfonamides is 1. The van der Waals surface area contributed by atoms with Gasteiger partial charge in [0.15, 0.2) is 0 Å². The number of nitrogens with zero attached hydrogens (tertiary/aromatic N) is 2. The van der Waals surface area contributed by atoms with Gasteiger partial charge >= 0.3 is 5.97 Å². The van der Waals surface area contributed by atoms with Gasteiger partial charge in [-0.1, -0.05) is 18.2 Å². The summed E-state index contributed by atoms with van der Waals surface area (Å²) in [6, 6.07) is 8.25. The molecule has 3 rings (SSSR count). The van der Waals surface area contributed by atoms with E-state index in [-0.39, 0.29) is 12.0 Å². The second kappa shape index (κ2) is 5.75. The molecule has 2 saturated heterocycles. The molecule has 0 N–H and O–H groups in total. The molecule has 0 amide bonds. The fourth-order valence-electron chi connectivity index (χ4n) is 2.81. The van der Waals surface area contributed by atoms with Crippen molar-refractivity contribution in [2.24, 2.45) is 0 Å². The Kier molecular flexibility index (Phi) is 3.97. The Labute approximate surface area is 124 Å². The summed E-state index contributed by atoms with van der Waals surface area (Å²) in [6.07, 6.45) is 0.699. The van der Waals surface area contributed by atoms with Crippen molar-refractivity contribution in [3.8, 4) is 0 Å². The van der Waals surface area contributed by atoms with E-state index in [4.69, 9.17) is 4.74 Å².